The third kappa shape index (κ3) is 9.44. The van der Waals surface area contributed by atoms with Gasteiger partial charge in [-0.05, 0) is 27.3 Å². The van der Waals surface area contributed by atoms with Crippen LogP contribution < -0.4 is 5.32 Å². The predicted molar refractivity (Wildman–Crippen MR) is 72.6 cm³/mol. The fourth-order valence-electron chi connectivity index (χ4n) is 1.65. The molecule has 1 atom stereocenters. The Hall–Kier alpha value is -1.14. The number of nitrogens with zero attached hydrogens (tertiary/aromatic N) is 1. The number of carbonyl (C=O) groups is 2. The Kier molecular flexibility index (Phi) is 9.16. The van der Waals surface area contributed by atoms with Crippen LogP contribution in [0.3, 0.4) is 0 Å². The first-order valence-electron chi connectivity index (χ1n) is 6.74. The van der Waals surface area contributed by atoms with Crippen LogP contribution in [0.1, 0.15) is 34.1 Å². The molecule has 0 heterocycles. The van der Waals surface area contributed by atoms with Crippen LogP contribution in [0, 0.1) is 0 Å². The van der Waals surface area contributed by atoms with Crippen molar-refractivity contribution in [2.45, 2.75) is 46.3 Å². The zero-order valence-corrected chi connectivity index (χ0v) is 12.3. The molecule has 0 saturated carbocycles. The molecule has 6 nitrogen and oxygen atoms in total. The zero-order chi connectivity index (χ0) is 14.8. The fraction of sp³-hybridized carbons (Fsp3) is 0.846. The molecule has 6 heteroatoms. The van der Waals surface area contributed by atoms with Crippen molar-refractivity contribution in [3.05, 3.63) is 0 Å². The van der Waals surface area contributed by atoms with Gasteiger partial charge in [-0.25, -0.2) is 0 Å². The van der Waals surface area contributed by atoms with Gasteiger partial charge in [-0.1, -0.05) is 6.92 Å². The van der Waals surface area contributed by atoms with Crippen molar-refractivity contribution in [1.29, 1.82) is 0 Å². The van der Waals surface area contributed by atoms with Crippen molar-refractivity contribution < 1.29 is 19.4 Å². The smallest absolute Gasteiger partial charge is 0.308 e. The van der Waals surface area contributed by atoms with Crippen LogP contribution in [-0.2, 0) is 14.3 Å². The molecule has 0 aromatic carbocycles. The number of carbonyl (C=O) groups excluding carboxylic acids is 2. The maximum Gasteiger partial charge on any atom is 0.308 e. The predicted octanol–water partition coefficient (Wildman–Crippen LogP) is 0.147. The SMILES string of the molecule is CCOC(=O)CC(O)CN(CC)CC(=O)NC(C)C. The molecule has 0 spiro atoms. The third-order valence-corrected chi connectivity index (χ3v) is 2.44. The molecule has 1 amide bonds. The van der Waals surface area contributed by atoms with E-state index in [1.807, 2.05) is 20.8 Å². The Balaban J connectivity index is 4.10. The van der Waals surface area contributed by atoms with E-state index in [0.29, 0.717) is 13.2 Å². The highest BCUT2D eigenvalue weighted by atomic mass is 16.5. The molecule has 19 heavy (non-hydrogen) atoms. The second-order valence-corrected chi connectivity index (χ2v) is 4.71. The van der Waals surface area contributed by atoms with E-state index in [-0.39, 0.29) is 31.5 Å². The number of aliphatic hydroxyl groups is 1. The van der Waals surface area contributed by atoms with Gasteiger partial charge in [0.2, 0.25) is 5.91 Å². The van der Waals surface area contributed by atoms with Gasteiger partial charge in [-0.3, -0.25) is 14.5 Å². The van der Waals surface area contributed by atoms with Crippen molar-refractivity contribution in [3.8, 4) is 0 Å². The second kappa shape index (κ2) is 9.75. The minimum absolute atomic E-state index is 0.0455. The van der Waals surface area contributed by atoms with Gasteiger partial charge in [0.25, 0.3) is 0 Å². The molecular formula is C13H26N2O4. The van der Waals surface area contributed by atoms with Crippen LogP contribution in [0.4, 0.5) is 0 Å². The molecule has 0 saturated heterocycles. The molecule has 0 aliphatic heterocycles. The van der Waals surface area contributed by atoms with E-state index in [2.05, 4.69) is 5.32 Å². The average molecular weight is 274 g/mol. The molecule has 0 aromatic heterocycles. The first-order chi connectivity index (χ1) is 8.88. The van der Waals surface area contributed by atoms with Gasteiger partial charge in [-0.15, -0.1) is 0 Å². The summed E-state index contributed by atoms with van der Waals surface area (Å²) in [5.74, 6) is -0.502. The van der Waals surface area contributed by atoms with Crippen LogP contribution in [0.5, 0.6) is 0 Å². The topological polar surface area (TPSA) is 78.9 Å². The molecule has 0 fully saturated rings. The summed E-state index contributed by atoms with van der Waals surface area (Å²) < 4.78 is 4.76. The summed E-state index contributed by atoms with van der Waals surface area (Å²) in [6, 6.07) is 0.0932. The maximum atomic E-state index is 11.6. The lowest BCUT2D eigenvalue weighted by molar-refractivity contribution is -0.145. The first-order valence-corrected chi connectivity index (χ1v) is 6.74. The summed E-state index contributed by atoms with van der Waals surface area (Å²) in [7, 11) is 0. The normalized spacial score (nSPS) is 12.6. The molecule has 0 aliphatic carbocycles. The average Bonchev–Trinajstić information content (AvgIpc) is 2.26. The lowest BCUT2D eigenvalue weighted by Crippen LogP contribution is -2.43. The van der Waals surface area contributed by atoms with E-state index in [4.69, 9.17) is 4.74 Å². The van der Waals surface area contributed by atoms with Gasteiger partial charge < -0.3 is 15.2 Å². The van der Waals surface area contributed by atoms with Crippen LogP contribution in [-0.4, -0.2) is 60.3 Å². The van der Waals surface area contributed by atoms with E-state index in [0.717, 1.165) is 0 Å². The van der Waals surface area contributed by atoms with Crippen molar-refractivity contribution >= 4 is 11.9 Å². The Labute approximate surface area is 115 Å². The number of hydrogen-bond donors (Lipinski definition) is 2. The molecule has 0 bridgehead atoms. The summed E-state index contributed by atoms with van der Waals surface area (Å²) in [5.41, 5.74) is 0. The van der Waals surface area contributed by atoms with Crippen LogP contribution in [0.25, 0.3) is 0 Å². The molecule has 1 unspecified atom stereocenters. The molecule has 0 rings (SSSR count). The van der Waals surface area contributed by atoms with Gasteiger partial charge in [0.05, 0.1) is 25.7 Å². The van der Waals surface area contributed by atoms with Gasteiger partial charge in [0, 0.05) is 12.6 Å². The first kappa shape index (κ1) is 17.9. The van der Waals surface area contributed by atoms with Gasteiger partial charge >= 0.3 is 5.97 Å². The van der Waals surface area contributed by atoms with E-state index in [9.17, 15) is 14.7 Å². The molecule has 0 aromatic rings. The van der Waals surface area contributed by atoms with E-state index in [1.54, 1.807) is 11.8 Å². The van der Waals surface area contributed by atoms with Crippen molar-refractivity contribution in [2.75, 3.05) is 26.2 Å². The quantitative estimate of drug-likeness (QED) is 0.585. The Morgan fingerprint density at radius 3 is 2.42 bits per heavy atom. The lowest BCUT2D eigenvalue weighted by atomic mass is 10.2. The summed E-state index contributed by atoms with van der Waals surface area (Å²) in [4.78, 5) is 24.6. The second-order valence-electron chi connectivity index (χ2n) is 4.71. The molecule has 112 valence electrons. The maximum absolute atomic E-state index is 11.6. The number of nitrogens with one attached hydrogen (secondary N) is 1. The van der Waals surface area contributed by atoms with Gasteiger partial charge in [-0.2, -0.15) is 0 Å². The van der Waals surface area contributed by atoms with E-state index in [1.165, 1.54) is 0 Å². The number of hydrogen-bond acceptors (Lipinski definition) is 5. The molecule has 0 radical (unpaired) electrons. The molecule has 2 N–H and O–H groups in total. The number of rotatable bonds is 9. The summed E-state index contributed by atoms with van der Waals surface area (Å²) in [6.07, 6.45) is -0.860. The number of likely N-dealkylation sites (N-methyl/N-ethyl adjacent to an activating group) is 1. The fourth-order valence-corrected chi connectivity index (χ4v) is 1.65. The molecular weight excluding hydrogens is 248 g/mol. The Bertz CT molecular complexity index is 282. The Morgan fingerprint density at radius 2 is 1.95 bits per heavy atom. The minimum atomic E-state index is -0.814. The number of esters is 1. The number of ether oxygens (including phenoxy) is 1. The van der Waals surface area contributed by atoms with Crippen LogP contribution in [0.2, 0.25) is 0 Å². The Morgan fingerprint density at radius 1 is 1.32 bits per heavy atom. The largest absolute Gasteiger partial charge is 0.466 e. The summed E-state index contributed by atoms with van der Waals surface area (Å²) >= 11 is 0. The molecule has 0 aliphatic rings. The standard InChI is InChI=1S/C13H26N2O4/c1-5-15(9-12(17)14-10(3)4)8-11(16)7-13(18)19-6-2/h10-11,16H,5-9H2,1-4H3,(H,14,17). The lowest BCUT2D eigenvalue weighted by Gasteiger charge is -2.23. The summed E-state index contributed by atoms with van der Waals surface area (Å²) in [6.45, 7) is 8.84. The highest BCUT2D eigenvalue weighted by Gasteiger charge is 2.17. The van der Waals surface area contributed by atoms with Gasteiger partial charge in [0.1, 0.15) is 0 Å². The minimum Gasteiger partial charge on any atom is -0.466 e. The van der Waals surface area contributed by atoms with E-state index >= 15 is 0 Å². The van der Waals surface area contributed by atoms with Crippen molar-refractivity contribution in [1.82, 2.24) is 10.2 Å². The van der Waals surface area contributed by atoms with Crippen molar-refractivity contribution in [3.63, 3.8) is 0 Å². The number of amides is 1. The van der Waals surface area contributed by atoms with Crippen molar-refractivity contribution in [2.24, 2.45) is 0 Å². The number of aliphatic hydroxyl groups excluding tert-OH is 1. The highest BCUT2D eigenvalue weighted by Crippen LogP contribution is 1.99. The van der Waals surface area contributed by atoms with Crippen LogP contribution >= 0.6 is 0 Å². The van der Waals surface area contributed by atoms with Crippen LogP contribution in [0.15, 0.2) is 0 Å². The third-order valence-electron chi connectivity index (χ3n) is 2.44. The zero-order valence-electron chi connectivity index (χ0n) is 12.3. The monoisotopic (exact) mass is 274 g/mol. The van der Waals surface area contributed by atoms with E-state index < -0.39 is 12.1 Å². The highest BCUT2D eigenvalue weighted by molar-refractivity contribution is 5.78. The summed E-state index contributed by atoms with van der Waals surface area (Å²) in [5, 5.41) is 12.6. The van der Waals surface area contributed by atoms with Gasteiger partial charge in [0.15, 0.2) is 0 Å².